The molecule has 0 unspecified atom stereocenters. The monoisotopic (exact) mass is 261 g/mol. The van der Waals surface area contributed by atoms with Gasteiger partial charge >= 0.3 is 5.97 Å². The molecule has 0 saturated carbocycles. The molecule has 1 N–H and O–H groups in total. The van der Waals surface area contributed by atoms with Crippen LogP contribution < -0.4 is 0 Å². The quantitative estimate of drug-likeness (QED) is 0.801. The zero-order chi connectivity index (χ0) is 14.3. The zero-order valence-corrected chi connectivity index (χ0v) is 11.3. The van der Waals surface area contributed by atoms with Crippen molar-refractivity contribution in [2.24, 2.45) is 0 Å². The molecule has 1 amide bonds. The molecule has 0 radical (unpaired) electrons. The Morgan fingerprint density at radius 3 is 2.74 bits per heavy atom. The second-order valence-electron chi connectivity index (χ2n) is 4.42. The fourth-order valence-corrected chi connectivity index (χ4v) is 1.73. The van der Waals surface area contributed by atoms with Gasteiger partial charge in [0.2, 0.25) is 5.91 Å². The Kier molecular flexibility index (Phi) is 5.79. The predicted molar refractivity (Wildman–Crippen MR) is 74.5 cm³/mol. The summed E-state index contributed by atoms with van der Waals surface area (Å²) in [6.45, 7) is 2.51. The number of aliphatic carboxylic acids is 1. The van der Waals surface area contributed by atoms with Gasteiger partial charge in [0.05, 0.1) is 0 Å². The van der Waals surface area contributed by atoms with Crippen LogP contribution in [0.25, 0.3) is 6.08 Å². The number of carboxylic acid groups (broad SMARTS) is 1. The van der Waals surface area contributed by atoms with E-state index in [4.69, 9.17) is 5.11 Å². The molecule has 102 valence electrons. The summed E-state index contributed by atoms with van der Waals surface area (Å²) in [6, 6.07) is 7.49. The van der Waals surface area contributed by atoms with Crippen molar-refractivity contribution in [2.75, 3.05) is 7.05 Å². The third kappa shape index (κ3) is 5.38. The van der Waals surface area contributed by atoms with Crippen LogP contribution in [0.4, 0.5) is 0 Å². The van der Waals surface area contributed by atoms with Gasteiger partial charge in [-0.25, -0.2) is 4.79 Å². The third-order valence-corrected chi connectivity index (χ3v) is 2.68. The highest BCUT2D eigenvalue weighted by atomic mass is 16.4. The van der Waals surface area contributed by atoms with Crippen LogP contribution in [0, 0.1) is 0 Å². The molecule has 19 heavy (non-hydrogen) atoms. The van der Waals surface area contributed by atoms with Gasteiger partial charge in [0.1, 0.15) is 0 Å². The van der Waals surface area contributed by atoms with Crippen molar-refractivity contribution >= 4 is 18.0 Å². The normalized spacial score (nSPS) is 10.6. The Hall–Kier alpha value is -2.10. The first-order valence-electron chi connectivity index (χ1n) is 6.27. The molecule has 4 nitrogen and oxygen atoms in total. The number of benzene rings is 1. The Bertz CT molecular complexity index is 480. The molecule has 1 aromatic rings. The second-order valence-corrected chi connectivity index (χ2v) is 4.42. The van der Waals surface area contributed by atoms with Crippen LogP contribution in [0.2, 0.25) is 0 Å². The van der Waals surface area contributed by atoms with Gasteiger partial charge in [-0.1, -0.05) is 25.1 Å². The summed E-state index contributed by atoms with van der Waals surface area (Å²) < 4.78 is 0. The van der Waals surface area contributed by atoms with Gasteiger partial charge in [-0.15, -0.1) is 0 Å². The molecular weight excluding hydrogens is 242 g/mol. The van der Waals surface area contributed by atoms with Gasteiger partial charge < -0.3 is 10.0 Å². The van der Waals surface area contributed by atoms with Crippen molar-refractivity contribution in [1.29, 1.82) is 0 Å². The van der Waals surface area contributed by atoms with Crippen LogP contribution in [-0.2, 0) is 16.1 Å². The van der Waals surface area contributed by atoms with Crippen molar-refractivity contribution in [3.8, 4) is 0 Å². The summed E-state index contributed by atoms with van der Waals surface area (Å²) in [6.07, 6.45) is 4.03. The van der Waals surface area contributed by atoms with Gasteiger partial charge in [0.15, 0.2) is 0 Å². The second kappa shape index (κ2) is 7.36. The largest absolute Gasteiger partial charge is 0.478 e. The number of amides is 1. The van der Waals surface area contributed by atoms with Crippen LogP contribution in [0.15, 0.2) is 30.3 Å². The molecule has 1 aromatic carbocycles. The third-order valence-electron chi connectivity index (χ3n) is 2.68. The van der Waals surface area contributed by atoms with E-state index in [0.717, 1.165) is 23.6 Å². The number of hydrogen-bond acceptors (Lipinski definition) is 2. The average molecular weight is 261 g/mol. The van der Waals surface area contributed by atoms with E-state index < -0.39 is 5.97 Å². The van der Waals surface area contributed by atoms with E-state index >= 15 is 0 Å². The van der Waals surface area contributed by atoms with Gasteiger partial charge in [-0.2, -0.15) is 0 Å². The SMILES string of the molecule is CCCC(=O)N(C)Cc1cccc(C=CC(=O)O)c1. The number of carbonyl (C=O) groups excluding carboxylic acids is 1. The van der Waals surface area contributed by atoms with Crippen molar-refractivity contribution in [1.82, 2.24) is 4.90 Å². The Morgan fingerprint density at radius 1 is 1.37 bits per heavy atom. The summed E-state index contributed by atoms with van der Waals surface area (Å²) in [5.74, 6) is -0.852. The van der Waals surface area contributed by atoms with Crippen molar-refractivity contribution in [2.45, 2.75) is 26.3 Å². The molecule has 1 rings (SSSR count). The highest BCUT2D eigenvalue weighted by Crippen LogP contribution is 2.10. The summed E-state index contributed by atoms with van der Waals surface area (Å²) >= 11 is 0. The molecule has 0 fully saturated rings. The number of carboxylic acids is 1. The maximum Gasteiger partial charge on any atom is 0.328 e. The Balaban J connectivity index is 2.71. The maximum absolute atomic E-state index is 11.7. The minimum absolute atomic E-state index is 0.119. The first kappa shape index (κ1) is 15.0. The van der Waals surface area contributed by atoms with Crippen LogP contribution in [0.1, 0.15) is 30.9 Å². The number of rotatable bonds is 6. The number of nitrogens with zero attached hydrogens (tertiary/aromatic N) is 1. The van der Waals surface area contributed by atoms with Crippen molar-refractivity contribution in [3.63, 3.8) is 0 Å². The van der Waals surface area contributed by atoms with Gasteiger partial charge in [-0.3, -0.25) is 4.79 Å². The van der Waals surface area contributed by atoms with Gasteiger partial charge in [-0.05, 0) is 29.7 Å². The van der Waals surface area contributed by atoms with Gasteiger partial charge in [0.25, 0.3) is 0 Å². The summed E-state index contributed by atoms with van der Waals surface area (Å²) in [5, 5.41) is 8.58. The summed E-state index contributed by atoms with van der Waals surface area (Å²) in [7, 11) is 1.78. The highest BCUT2D eigenvalue weighted by molar-refractivity contribution is 5.85. The first-order valence-corrected chi connectivity index (χ1v) is 6.27. The lowest BCUT2D eigenvalue weighted by molar-refractivity contribution is -0.131. The van der Waals surface area contributed by atoms with E-state index in [1.54, 1.807) is 18.0 Å². The lowest BCUT2D eigenvalue weighted by Crippen LogP contribution is -2.25. The fraction of sp³-hybridized carbons (Fsp3) is 0.333. The summed E-state index contributed by atoms with van der Waals surface area (Å²) in [5.41, 5.74) is 1.80. The number of carbonyl (C=O) groups is 2. The standard InChI is InChI=1S/C15H19NO3/c1-3-5-14(17)16(2)11-13-7-4-6-12(10-13)8-9-15(18)19/h4,6-10H,3,5,11H2,1-2H3,(H,18,19). The molecule has 0 bridgehead atoms. The minimum Gasteiger partial charge on any atom is -0.478 e. The lowest BCUT2D eigenvalue weighted by Gasteiger charge is -2.17. The smallest absolute Gasteiger partial charge is 0.328 e. The van der Waals surface area contributed by atoms with Crippen LogP contribution >= 0.6 is 0 Å². The van der Waals surface area contributed by atoms with Crippen LogP contribution in [0.5, 0.6) is 0 Å². The Labute approximate surface area is 113 Å². The molecule has 0 aliphatic heterocycles. The average Bonchev–Trinajstić information content (AvgIpc) is 2.37. The topological polar surface area (TPSA) is 57.6 Å². The molecular formula is C15H19NO3. The van der Waals surface area contributed by atoms with Crippen LogP contribution in [0.3, 0.4) is 0 Å². The van der Waals surface area contributed by atoms with Crippen LogP contribution in [-0.4, -0.2) is 28.9 Å². The highest BCUT2D eigenvalue weighted by Gasteiger charge is 2.07. The molecule has 0 aliphatic carbocycles. The summed E-state index contributed by atoms with van der Waals surface area (Å²) in [4.78, 5) is 23.8. The molecule has 0 heterocycles. The van der Waals surface area contributed by atoms with E-state index in [1.807, 2.05) is 31.2 Å². The lowest BCUT2D eigenvalue weighted by atomic mass is 10.1. The van der Waals surface area contributed by atoms with E-state index in [9.17, 15) is 9.59 Å². The first-order chi connectivity index (χ1) is 9.02. The van der Waals surface area contributed by atoms with E-state index in [1.165, 1.54) is 0 Å². The Morgan fingerprint density at radius 2 is 2.11 bits per heavy atom. The van der Waals surface area contributed by atoms with Crippen molar-refractivity contribution < 1.29 is 14.7 Å². The number of hydrogen-bond donors (Lipinski definition) is 1. The van der Waals surface area contributed by atoms with Crippen molar-refractivity contribution in [3.05, 3.63) is 41.5 Å². The predicted octanol–water partition coefficient (Wildman–Crippen LogP) is 2.54. The maximum atomic E-state index is 11.7. The van der Waals surface area contributed by atoms with E-state index in [0.29, 0.717) is 13.0 Å². The molecule has 0 atom stereocenters. The molecule has 0 saturated heterocycles. The zero-order valence-electron chi connectivity index (χ0n) is 11.3. The molecule has 4 heteroatoms. The van der Waals surface area contributed by atoms with E-state index in [2.05, 4.69) is 0 Å². The molecule has 0 aromatic heterocycles. The molecule has 0 spiro atoms. The van der Waals surface area contributed by atoms with Gasteiger partial charge in [0, 0.05) is 26.1 Å². The van der Waals surface area contributed by atoms with E-state index in [-0.39, 0.29) is 5.91 Å². The molecule has 0 aliphatic rings. The fourth-order valence-electron chi connectivity index (χ4n) is 1.73. The minimum atomic E-state index is -0.972.